The van der Waals surface area contributed by atoms with Gasteiger partial charge in [0.15, 0.2) is 5.13 Å². The molecule has 0 atom stereocenters. The van der Waals surface area contributed by atoms with E-state index in [1.54, 1.807) is 0 Å². The molecule has 0 saturated heterocycles. The third kappa shape index (κ3) is 3.72. The first-order valence-electron chi connectivity index (χ1n) is 6.93. The number of benzene rings is 1. The fraction of sp³-hybridized carbons (Fsp3) is 0.333. The standard InChI is InChI=1S/C15H20N4OS/c1-4-10-7-5-6-8-11(10)18-14(20)12-13(16)19-15(21-12)17-9(2)3/h5-9H,4,16H2,1-3H3,(H,17,19)(H,18,20). The monoisotopic (exact) mass is 304 g/mol. The first-order chi connectivity index (χ1) is 10.0. The second-order valence-electron chi connectivity index (χ2n) is 5.00. The summed E-state index contributed by atoms with van der Waals surface area (Å²) in [5, 5.41) is 6.73. The number of amides is 1. The molecule has 0 radical (unpaired) electrons. The predicted molar refractivity (Wildman–Crippen MR) is 89.1 cm³/mol. The van der Waals surface area contributed by atoms with Gasteiger partial charge >= 0.3 is 0 Å². The number of nitrogen functional groups attached to an aromatic ring is 1. The Morgan fingerprint density at radius 2 is 2.10 bits per heavy atom. The minimum Gasteiger partial charge on any atom is -0.382 e. The number of nitrogens with two attached hydrogens (primary N) is 1. The number of carbonyl (C=O) groups is 1. The van der Waals surface area contributed by atoms with E-state index < -0.39 is 0 Å². The number of aryl methyl sites for hydroxylation is 1. The van der Waals surface area contributed by atoms with E-state index in [-0.39, 0.29) is 17.8 Å². The van der Waals surface area contributed by atoms with Crippen LogP contribution in [0.3, 0.4) is 0 Å². The van der Waals surface area contributed by atoms with E-state index in [4.69, 9.17) is 5.73 Å². The number of aromatic nitrogens is 1. The molecule has 2 aromatic rings. The first-order valence-corrected chi connectivity index (χ1v) is 7.75. The molecule has 5 nitrogen and oxygen atoms in total. The summed E-state index contributed by atoms with van der Waals surface area (Å²) >= 11 is 1.27. The smallest absolute Gasteiger partial charge is 0.269 e. The van der Waals surface area contributed by atoms with Gasteiger partial charge in [0.05, 0.1) is 0 Å². The molecule has 0 aliphatic rings. The summed E-state index contributed by atoms with van der Waals surface area (Å²) in [6, 6.07) is 7.99. The Morgan fingerprint density at radius 3 is 2.76 bits per heavy atom. The Hall–Kier alpha value is -2.08. The molecule has 0 aliphatic carbocycles. The van der Waals surface area contributed by atoms with Crippen molar-refractivity contribution in [1.82, 2.24) is 4.98 Å². The molecule has 2 rings (SSSR count). The zero-order valence-corrected chi connectivity index (χ0v) is 13.3. The number of carbonyl (C=O) groups excluding carboxylic acids is 1. The lowest BCUT2D eigenvalue weighted by molar-refractivity contribution is 0.103. The van der Waals surface area contributed by atoms with E-state index in [9.17, 15) is 4.79 Å². The van der Waals surface area contributed by atoms with Crippen molar-refractivity contribution in [3.05, 3.63) is 34.7 Å². The molecule has 0 unspecified atom stereocenters. The second kappa shape index (κ2) is 6.58. The highest BCUT2D eigenvalue weighted by Crippen LogP contribution is 2.27. The lowest BCUT2D eigenvalue weighted by Gasteiger charge is -2.08. The minimum absolute atomic E-state index is 0.220. The molecule has 1 aromatic heterocycles. The number of anilines is 3. The van der Waals surface area contributed by atoms with Crippen molar-refractivity contribution in [1.29, 1.82) is 0 Å². The zero-order chi connectivity index (χ0) is 15.4. The third-order valence-electron chi connectivity index (χ3n) is 2.92. The van der Waals surface area contributed by atoms with Crippen molar-refractivity contribution < 1.29 is 4.79 Å². The van der Waals surface area contributed by atoms with Crippen LogP contribution in [0.5, 0.6) is 0 Å². The quantitative estimate of drug-likeness (QED) is 0.791. The molecule has 1 amide bonds. The van der Waals surface area contributed by atoms with E-state index in [1.165, 1.54) is 11.3 Å². The van der Waals surface area contributed by atoms with Crippen LogP contribution in [0.1, 0.15) is 36.0 Å². The fourth-order valence-electron chi connectivity index (χ4n) is 1.93. The highest BCUT2D eigenvalue weighted by molar-refractivity contribution is 7.18. The average molecular weight is 304 g/mol. The van der Waals surface area contributed by atoms with Crippen LogP contribution in [0.2, 0.25) is 0 Å². The molecule has 4 N–H and O–H groups in total. The Kier molecular flexibility index (Phi) is 4.80. The SMILES string of the molecule is CCc1ccccc1NC(=O)c1sc(NC(C)C)nc1N. The zero-order valence-electron chi connectivity index (χ0n) is 12.4. The largest absolute Gasteiger partial charge is 0.382 e. The van der Waals surface area contributed by atoms with E-state index in [2.05, 4.69) is 22.5 Å². The summed E-state index contributed by atoms with van der Waals surface area (Å²) in [5.74, 6) is 0.0392. The number of nitrogens with zero attached hydrogens (tertiary/aromatic N) is 1. The molecule has 21 heavy (non-hydrogen) atoms. The van der Waals surface area contributed by atoms with Gasteiger partial charge in [-0.3, -0.25) is 4.79 Å². The van der Waals surface area contributed by atoms with Crippen LogP contribution in [0.4, 0.5) is 16.6 Å². The van der Waals surface area contributed by atoms with Crippen LogP contribution in [-0.2, 0) is 6.42 Å². The van der Waals surface area contributed by atoms with Crippen LogP contribution in [-0.4, -0.2) is 16.9 Å². The van der Waals surface area contributed by atoms with Gasteiger partial charge in [-0.05, 0) is 31.9 Å². The summed E-state index contributed by atoms with van der Waals surface area (Å²) in [6.45, 7) is 6.07. The maximum absolute atomic E-state index is 12.4. The van der Waals surface area contributed by atoms with Crippen LogP contribution in [0, 0.1) is 0 Å². The van der Waals surface area contributed by atoms with Crippen molar-refractivity contribution >= 4 is 33.9 Å². The second-order valence-corrected chi connectivity index (χ2v) is 6.00. The Balaban J connectivity index is 2.18. The van der Waals surface area contributed by atoms with Gasteiger partial charge in [-0.2, -0.15) is 0 Å². The Morgan fingerprint density at radius 1 is 1.38 bits per heavy atom. The van der Waals surface area contributed by atoms with E-state index >= 15 is 0 Å². The van der Waals surface area contributed by atoms with Gasteiger partial charge in [0.1, 0.15) is 10.7 Å². The average Bonchev–Trinajstić information content (AvgIpc) is 2.79. The van der Waals surface area contributed by atoms with E-state index in [1.807, 2.05) is 38.1 Å². The molecule has 0 aliphatic heterocycles. The van der Waals surface area contributed by atoms with Gasteiger partial charge in [0.25, 0.3) is 5.91 Å². The fourth-order valence-corrected chi connectivity index (χ4v) is 2.86. The minimum atomic E-state index is -0.220. The van der Waals surface area contributed by atoms with Crippen LogP contribution >= 0.6 is 11.3 Å². The number of para-hydroxylation sites is 1. The maximum Gasteiger partial charge on any atom is 0.269 e. The number of hydrogen-bond donors (Lipinski definition) is 3. The third-order valence-corrected chi connectivity index (χ3v) is 3.92. The molecule has 0 spiro atoms. The first kappa shape index (κ1) is 15.3. The molecule has 0 bridgehead atoms. The molecule has 1 aromatic carbocycles. The summed E-state index contributed by atoms with van der Waals surface area (Å²) in [5.41, 5.74) is 7.75. The van der Waals surface area contributed by atoms with Gasteiger partial charge in [-0.25, -0.2) is 4.98 Å². The summed E-state index contributed by atoms with van der Waals surface area (Å²) in [4.78, 5) is 17.0. The van der Waals surface area contributed by atoms with Gasteiger partial charge in [-0.15, -0.1) is 0 Å². The van der Waals surface area contributed by atoms with E-state index in [0.717, 1.165) is 17.7 Å². The molecule has 0 fully saturated rings. The maximum atomic E-state index is 12.4. The topological polar surface area (TPSA) is 80.0 Å². The lowest BCUT2D eigenvalue weighted by Crippen LogP contribution is -2.13. The number of rotatable bonds is 5. The highest BCUT2D eigenvalue weighted by Gasteiger charge is 2.17. The van der Waals surface area contributed by atoms with Crippen LogP contribution in [0.15, 0.2) is 24.3 Å². The molecular formula is C15H20N4OS. The van der Waals surface area contributed by atoms with E-state index in [0.29, 0.717) is 10.0 Å². The molecule has 112 valence electrons. The lowest BCUT2D eigenvalue weighted by atomic mass is 10.1. The van der Waals surface area contributed by atoms with Gasteiger partial charge in [-0.1, -0.05) is 36.5 Å². The molecule has 0 saturated carbocycles. The van der Waals surface area contributed by atoms with Crippen molar-refractivity contribution in [2.45, 2.75) is 33.2 Å². The number of hydrogen-bond acceptors (Lipinski definition) is 5. The normalized spacial score (nSPS) is 10.7. The van der Waals surface area contributed by atoms with Crippen molar-refractivity contribution in [3.8, 4) is 0 Å². The summed E-state index contributed by atoms with van der Waals surface area (Å²) in [6.07, 6.45) is 0.856. The molecular weight excluding hydrogens is 284 g/mol. The van der Waals surface area contributed by atoms with Crippen molar-refractivity contribution in [2.75, 3.05) is 16.4 Å². The highest BCUT2D eigenvalue weighted by atomic mass is 32.1. The number of nitrogens with one attached hydrogen (secondary N) is 2. The Bertz CT molecular complexity index is 636. The van der Waals surface area contributed by atoms with Crippen LogP contribution < -0.4 is 16.4 Å². The molecule has 6 heteroatoms. The van der Waals surface area contributed by atoms with Gasteiger partial charge in [0, 0.05) is 11.7 Å². The summed E-state index contributed by atoms with van der Waals surface area (Å²) in [7, 11) is 0. The van der Waals surface area contributed by atoms with Crippen LogP contribution in [0.25, 0.3) is 0 Å². The van der Waals surface area contributed by atoms with Gasteiger partial charge in [0.2, 0.25) is 0 Å². The van der Waals surface area contributed by atoms with Crippen molar-refractivity contribution in [2.24, 2.45) is 0 Å². The Labute approximate surface area is 128 Å². The van der Waals surface area contributed by atoms with Gasteiger partial charge < -0.3 is 16.4 Å². The number of thiazole rings is 1. The summed E-state index contributed by atoms with van der Waals surface area (Å²) < 4.78 is 0. The van der Waals surface area contributed by atoms with Crippen molar-refractivity contribution in [3.63, 3.8) is 0 Å². The predicted octanol–water partition coefficient (Wildman–Crippen LogP) is 3.36. The molecule has 1 heterocycles.